The summed E-state index contributed by atoms with van der Waals surface area (Å²) in [5, 5.41) is 5.32. The number of likely N-dealkylation sites (tertiary alicyclic amines) is 1. The maximum absolute atomic E-state index is 13.3. The summed E-state index contributed by atoms with van der Waals surface area (Å²) in [4.78, 5) is 17.8. The molecule has 3 heterocycles. The second-order valence-electron chi connectivity index (χ2n) is 10.2. The molecule has 2 aromatic rings. The number of nitrogens with zero attached hydrogens (tertiary/aromatic N) is 4. The maximum atomic E-state index is 13.3. The van der Waals surface area contributed by atoms with E-state index in [1.807, 2.05) is 36.2 Å². The van der Waals surface area contributed by atoms with Crippen molar-refractivity contribution in [2.45, 2.75) is 59.5 Å². The molecule has 35 heavy (non-hydrogen) atoms. The minimum absolute atomic E-state index is 0.206. The van der Waals surface area contributed by atoms with Crippen LogP contribution in [0.5, 0.6) is 5.75 Å². The first kappa shape index (κ1) is 26.0. The van der Waals surface area contributed by atoms with Crippen molar-refractivity contribution in [2.75, 3.05) is 46.0 Å². The molecule has 1 amide bonds. The third-order valence-electron chi connectivity index (χ3n) is 7.34. The van der Waals surface area contributed by atoms with Gasteiger partial charge in [0.05, 0.1) is 26.0 Å². The summed E-state index contributed by atoms with van der Waals surface area (Å²) in [6.45, 7) is 13.0. The predicted octanol–water partition coefficient (Wildman–Crippen LogP) is 4.47. The Kier molecular flexibility index (Phi) is 8.73. The van der Waals surface area contributed by atoms with Gasteiger partial charge >= 0.3 is 0 Å². The first-order valence-electron chi connectivity index (χ1n) is 12.9. The molecule has 7 nitrogen and oxygen atoms in total. The zero-order chi connectivity index (χ0) is 24.8. The summed E-state index contributed by atoms with van der Waals surface area (Å²) in [5.74, 6) is 1.01. The summed E-state index contributed by atoms with van der Waals surface area (Å²) in [5.41, 5.74) is 3.25. The number of aromatic nitrogens is 2. The molecule has 1 atom stereocenters. The molecule has 8 heteroatoms. The molecule has 0 aliphatic carbocycles. The molecule has 2 fully saturated rings. The van der Waals surface area contributed by atoms with Crippen molar-refractivity contribution in [1.29, 1.82) is 0 Å². The fourth-order valence-corrected chi connectivity index (χ4v) is 5.38. The van der Waals surface area contributed by atoms with Crippen molar-refractivity contribution < 1.29 is 14.3 Å². The van der Waals surface area contributed by atoms with E-state index in [4.69, 9.17) is 21.1 Å². The van der Waals surface area contributed by atoms with Crippen LogP contribution in [0, 0.1) is 19.3 Å². The highest BCUT2D eigenvalue weighted by Gasteiger charge is 2.40. The number of morpholine rings is 1. The summed E-state index contributed by atoms with van der Waals surface area (Å²) in [7, 11) is 0. The molecule has 0 unspecified atom stereocenters. The third-order valence-corrected chi connectivity index (χ3v) is 7.76. The fraction of sp³-hybridized carbons (Fsp3) is 0.630. The number of aryl methyl sites for hydroxylation is 2. The summed E-state index contributed by atoms with van der Waals surface area (Å²) in [6, 6.07) is 5.77. The van der Waals surface area contributed by atoms with Gasteiger partial charge in [-0.05, 0) is 63.4 Å². The third kappa shape index (κ3) is 6.57. The Labute approximate surface area is 214 Å². The lowest BCUT2D eigenvalue weighted by Crippen LogP contribution is -2.50. The van der Waals surface area contributed by atoms with Crippen LogP contribution in [0.2, 0.25) is 5.02 Å². The van der Waals surface area contributed by atoms with E-state index in [1.54, 1.807) is 0 Å². The number of hydrogen-bond acceptors (Lipinski definition) is 5. The Hall–Kier alpha value is -2.09. The zero-order valence-electron chi connectivity index (χ0n) is 21.4. The van der Waals surface area contributed by atoms with Gasteiger partial charge in [-0.2, -0.15) is 5.10 Å². The SMILES string of the molecule is CCCn1ncc(CN2CCC[C@](COc3ccc(Cl)c(C)c3)(CC(=O)N3CCOCC3)C2)c1C. The van der Waals surface area contributed by atoms with Crippen molar-refractivity contribution in [2.24, 2.45) is 5.41 Å². The average Bonchev–Trinajstić information content (AvgIpc) is 3.20. The predicted molar refractivity (Wildman–Crippen MR) is 138 cm³/mol. The van der Waals surface area contributed by atoms with E-state index >= 15 is 0 Å². The molecule has 0 radical (unpaired) electrons. The first-order valence-corrected chi connectivity index (χ1v) is 13.2. The van der Waals surface area contributed by atoms with Crippen LogP contribution in [-0.4, -0.2) is 71.5 Å². The van der Waals surface area contributed by atoms with Gasteiger partial charge in [-0.15, -0.1) is 0 Å². The van der Waals surface area contributed by atoms with Crippen LogP contribution in [-0.2, 0) is 22.6 Å². The Bertz CT molecular complexity index is 1000. The molecule has 0 N–H and O–H groups in total. The first-order chi connectivity index (χ1) is 16.9. The second-order valence-corrected chi connectivity index (χ2v) is 10.6. The molecule has 1 aromatic carbocycles. The summed E-state index contributed by atoms with van der Waals surface area (Å²) < 4.78 is 13.9. The van der Waals surface area contributed by atoms with Gasteiger partial charge in [0, 0.05) is 60.8 Å². The number of rotatable bonds is 9. The van der Waals surface area contributed by atoms with Crippen LogP contribution >= 0.6 is 11.6 Å². The lowest BCUT2D eigenvalue weighted by atomic mass is 9.77. The van der Waals surface area contributed by atoms with Crippen molar-refractivity contribution in [3.05, 3.63) is 46.2 Å². The Morgan fingerprint density at radius 3 is 2.77 bits per heavy atom. The lowest BCUT2D eigenvalue weighted by Gasteiger charge is -2.43. The molecule has 4 rings (SSSR count). The van der Waals surface area contributed by atoms with Gasteiger partial charge in [0.25, 0.3) is 0 Å². The van der Waals surface area contributed by atoms with Gasteiger partial charge in [0.1, 0.15) is 5.75 Å². The number of piperidine rings is 1. The highest BCUT2D eigenvalue weighted by molar-refractivity contribution is 6.31. The molecular weight excluding hydrogens is 464 g/mol. The van der Waals surface area contributed by atoms with Gasteiger partial charge in [-0.1, -0.05) is 18.5 Å². The molecule has 0 spiro atoms. The quantitative estimate of drug-likeness (QED) is 0.506. The number of carbonyl (C=O) groups is 1. The van der Waals surface area contributed by atoms with E-state index in [0.29, 0.717) is 39.3 Å². The molecule has 2 aliphatic rings. The highest BCUT2D eigenvalue weighted by Crippen LogP contribution is 2.36. The standard InChI is InChI=1S/C27H39ClN4O3/c1-4-9-32-22(3)23(17-29-32)18-30-10-5-8-27(19-30,16-26(33)31-11-13-34-14-12-31)20-35-24-6-7-25(28)21(2)15-24/h6-7,15,17H,4-5,8-14,16,18-20H2,1-3H3/t27-/m0/s1. The second kappa shape index (κ2) is 11.8. The van der Waals surface area contributed by atoms with Gasteiger partial charge in [-0.3, -0.25) is 14.4 Å². The highest BCUT2D eigenvalue weighted by atomic mass is 35.5. The molecule has 0 saturated carbocycles. The van der Waals surface area contributed by atoms with E-state index < -0.39 is 0 Å². The minimum atomic E-state index is -0.242. The number of ether oxygens (including phenoxy) is 2. The fourth-order valence-electron chi connectivity index (χ4n) is 5.27. The Balaban J connectivity index is 1.50. The van der Waals surface area contributed by atoms with Crippen molar-refractivity contribution in [3.8, 4) is 5.75 Å². The summed E-state index contributed by atoms with van der Waals surface area (Å²) in [6.07, 6.45) is 5.58. The number of hydrogen-bond donors (Lipinski definition) is 0. The Morgan fingerprint density at radius 1 is 1.23 bits per heavy atom. The number of carbonyl (C=O) groups excluding carboxylic acids is 1. The van der Waals surface area contributed by atoms with Gasteiger partial charge < -0.3 is 14.4 Å². The van der Waals surface area contributed by atoms with E-state index in [1.165, 1.54) is 11.3 Å². The number of halogens is 1. The van der Waals surface area contributed by atoms with E-state index in [0.717, 1.165) is 61.8 Å². The van der Waals surface area contributed by atoms with Gasteiger partial charge in [0.15, 0.2) is 0 Å². The van der Waals surface area contributed by atoms with Gasteiger partial charge in [-0.25, -0.2) is 0 Å². The molecule has 192 valence electrons. The lowest BCUT2D eigenvalue weighted by molar-refractivity contribution is -0.139. The Morgan fingerprint density at radius 2 is 2.03 bits per heavy atom. The van der Waals surface area contributed by atoms with Crippen molar-refractivity contribution in [3.63, 3.8) is 0 Å². The van der Waals surface area contributed by atoms with Crippen molar-refractivity contribution >= 4 is 17.5 Å². The average molecular weight is 503 g/mol. The van der Waals surface area contributed by atoms with Crippen LogP contribution in [0.3, 0.4) is 0 Å². The smallest absolute Gasteiger partial charge is 0.223 e. The van der Waals surface area contributed by atoms with Crippen molar-refractivity contribution in [1.82, 2.24) is 19.6 Å². The van der Waals surface area contributed by atoms with Crippen LogP contribution in [0.25, 0.3) is 0 Å². The maximum Gasteiger partial charge on any atom is 0.223 e. The summed E-state index contributed by atoms with van der Waals surface area (Å²) >= 11 is 6.21. The normalized spacial score (nSPS) is 21.3. The molecule has 2 aliphatic heterocycles. The molecule has 0 bridgehead atoms. The zero-order valence-corrected chi connectivity index (χ0v) is 22.1. The van der Waals surface area contributed by atoms with Crippen LogP contribution < -0.4 is 4.74 Å². The monoisotopic (exact) mass is 502 g/mol. The largest absolute Gasteiger partial charge is 0.493 e. The molecule has 2 saturated heterocycles. The number of amides is 1. The van der Waals surface area contributed by atoms with E-state index in [2.05, 4.69) is 28.5 Å². The number of benzene rings is 1. The molecular formula is C27H39ClN4O3. The van der Waals surface area contributed by atoms with Crippen LogP contribution in [0.15, 0.2) is 24.4 Å². The van der Waals surface area contributed by atoms with Crippen LogP contribution in [0.4, 0.5) is 0 Å². The minimum Gasteiger partial charge on any atom is -0.493 e. The van der Waals surface area contributed by atoms with E-state index in [-0.39, 0.29) is 11.3 Å². The topological polar surface area (TPSA) is 59.8 Å². The molecule has 1 aromatic heterocycles. The van der Waals surface area contributed by atoms with Crippen LogP contribution in [0.1, 0.15) is 49.4 Å². The van der Waals surface area contributed by atoms with E-state index in [9.17, 15) is 4.79 Å². The van der Waals surface area contributed by atoms with Gasteiger partial charge in [0.2, 0.25) is 5.91 Å².